The number of sulfonamides is 3. The number of para-hydroxylation sites is 4. The van der Waals surface area contributed by atoms with Gasteiger partial charge in [-0.25, -0.2) is 43.8 Å². The Morgan fingerprint density at radius 3 is 1.37 bits per heavy atom. The van der Waals surface area contributed by atoms with Crippen LogP contribution < -0.4 is 49.1 Å². The number of pyridine rings is 1. The fourth-order valence-corrected chi connectivity index (χ4v) is 20.1. The summed E-state index contributed by atoms with van der Waals surface area (Å²) < 4.78 is 127. The molecule has 10 aromatic carbocycles. The molecule has 0 saturated carbocycles. The number of H-pyrrole nitrogens is 2. The molecular formula is C108H107Cl4FN12O16S3. The van der Waals surface area contributed by atoms with E-state index < -0.39 is 76.9 Å². The predicted molar refractivity (Wildman–Crippen MR) is 563 cm³/mol. The van der Waals surface area contributed by atoms with Crippen LogP contribution in [0, 0.1) is 61.2 Å². The summed E-state index contributed by atoms with van der Waals surface area (Å²) in [5, 5.41) is 13.7. The zero-order chi connectivity index (χ0) is 103. The molecule has 0 radical (unpaired) electrons. The van der Waals surface area contributed by atoms with Crippen molar-refractivity contribution in [3.63, 3.8) is 0 Å². The number of hydrogen-bond acceptors (Lipinski definition) is 17. The van der Waals surface area contributed by atoms with Gasteiger partial charge in [-0.2, -0.15) is 0 Å². The van der Waals surface area contributed by atoms with Crippen molar-refractivity contribution in [1.29, 1.82) is 0 Å². The maximum absolute atomic E-state index is 14.1. The lowest BCUT2D eigenvalue weighted by atomic mass is 10.1. The number of hydrogen-bond donors (Lipinski definition) is 8. The monoisotopic (exact) mass is 2080 g/mol. The van der Waals surface area contributed by atoms with Crippen LogP contribution in [0.2, 0.25) is 20.1 Å². The lowest BCUT2D eigenvalue weighted by molar-refractivity contribution is 0.0947. The number of nitrogens with zero attached hydrogens (tertiary/aromatic N) is 4. The largest absolute Gasteiger partial charge is 0.494 e. The Kier molecular flexibility index (Phi) is 34.7. The molecule has 0 unspecified atom stereocenters. The first kappa shape index (κ1) is 106. The first-order valence-corrected chi connectivity index (χ1v) is 52.7. The molecule has 0 atom stereocenters. The third kappa shape index (κ3) is 26.8. The van der Waals surface area contributed by atoms with Crippen LogP contribution in [0.4, 0.5) is 4.39 Å². The maximum Gasteiger partial charge on any atom is 0.281 e. The summed E-state index contributed by atoms with van der Waals surface area (Å²) in [7, 11) is -10.5. The molecular weight excluding hydrogens is 1980 g/mol. The lowest BCUT2D eigenvalue weighted by Crippen LogP contribution is -2.38. The number of fused-ring (bicyclic) bond motifs is 4. The minimum atomic E-state index is -4.21. The van der Waals surface area contributed by atoms with Crippen molar-refractivity contribution in [1.82, 2.24) is 58.8 Å². The number of amides is 6. The van der Waals surface area contributed by atoms with Gasteiger partial charge in [0.05, 0.1) is 53.7 Å². The average Bonchev–Trinajstić information content (AvgIpc) is 1.60. The molecule has 8 N–H and O–H groups in total. The van der Waals surface area contributed by atoms with Gasteiger partial charge in [0.2, 0.25) is 30.1 Å². The van der Waals surface area contributed by atoms with E-state index in [1.54, 1.807) is 103 Å². The van der Waals surface area contributed by atoms with Crippen LogP contribution in [-0.4, -0.2) is 146 Å². The number of carbonyl (C=O) groups is 6. The minimum Gasteiger partial charge on any atom is -0.494 e. The van der Waals surface area contributed by atoms with Gasteiger partial charge in [-0.3, -0.25) is 33.8 Å². The standard InChI is InChI=1S/C41H38Cl2N4O6S.C35H36ClFN4O5S.C32H33ClN4O5S/c1-27-21-34(22-28(2)38(27)43)52-19-8-14-36-35-16-15-31(42)24-37(35)47(26-29-9-7-17-44-25-29)39(36)41(49)46-54(50,51)20-18-45-40(48)30-10-6-13-33(23-30)53-32-11-4-3-5-12-32;1-21-18-27(19-22(2)32(21)36)46-16-7-9-29-28-8-5-6-10-31(28)39-33(29)35(43)40-47(44,45)17-15-38-34(42)30-20-23(3)41(24(30)4)26-13-11-25(37)12-14-26;1-20-17-22(18-21(2)29(20)33)42-15-8-11-25-23-9-4-6-12-27(23)35-30(25)32(39)36-43(40,41)16-14-34-31(38)26-19-37(3)28-13-7-5-10-24(26)28/h3-7,9-13,15-17,21-25H,8,14,18-20,26H2,1-2H3,(H,45,48)(H,46,49);5-6,8,10-14,18-20,39H,7,9,15-17H2,1-4H3,(H,38,42)(H,40,43);4-7,9-10,12-13,17-19,35H,8,11,14-16H2,1-3H3,(H,34,38)(H,36,39). The third-order valence-electron chi connectivity index (χ3n) is 23.9. The van der Waals surface area contributed by atoms with Gasteiger partial charge in [0.15, 0.2) is 0 Å². The smallest absolute Gasteiger partial charge is 0.281 e. The number of rotatable bonds is 38. The average molecular weight is 2090 g/mol. The minimum absolute atomic E-state index is 0.158. The lowest BCUT2D eigenvalue weighted by Gasteiger charge is -2.14. The second-order valence-electron chi connectivity index (χ2n) is 34.7. The molecule has 0 bridgehead atoms. The van der Waals surface area contributed by atoms with Gasteiger partial charge in [-0.05, 0) is 283 Å². The van der Waals surface area contributed by atoms with Gasteiger partial charge >= 0.3 is 0 Å². The molecule has 144 heavy (non-hydrogen) atoms. The van der Waals surface area contributed by atoms with Crippen LogP contribution in [0.15, 0.2) is 243 Å². The van der Waals surface area contributed by atoms with Crippen molar-refractivity contribution in [2.45, 2.75) is 100 Å². The molecule has 36 heteroatoms. The zero-order valence-electron chi connectivity index (χ0n) is 80.3. The Bertz CT molecular complexity index is 7800. The molecule has 6 heterocycles. The summed E-state index contributed by atoms with van der Waals surface area (Å²) in [5.41, 5.74) is 15.1. The highest BCUT2D eigenvalue weighted by Crippen LogP contribution is 2.36. The number of halogens is 5. The first-order valence-electron chi connectivity index (χ1n) is 46.2. The second-order valence-corrected chi connectivity index (χ2v) is 41.8. The molecule has 6 amide bonds. The molecule has 28 nitrogen and oxygen atoms in total. The first-order chi connectivity index (χ1) is 68.8. The highest BCUT2D eigenvalue weighted by Gasteiger charge is 2.30. The maximum atomic E-state index is 14.1. The topological polar surface area (TPSA) is 373 Å². The van der Waals surface area contributed by atoms with Crippen LogP contribution in [0.1, 0.15) is 149 Å². The zero-order valence-corrected chi connectivity index (χ0v) is 85.8. The van der Waals surface area contributed by atoms with E-state index in [1.165, 1.54) is 12.1 Å². The molecule has 0 aliphatic carbocycles. The van der Waals surface area contributed by atoms with E-state index >= 15 is 0 Å². The molecule has 0 aliphatic heterocycles. The van der Waals surface area contributed by atoms with Crippen molar-refractivity contribution < 1.29 is 77.4 Å². The summed E-state index contributed by atoms with van der Waals surface area (Å²) in [4.78, 5) is 89.7. The van der Waals surface area contributed by atoms with E-state index in [2.05, 4.69) is 45.1 Å². The van der Waals surface area contributed by atoms with E-state index in [0.717, 1.165) is 83.0 Å². The van der Waals surface area contributed by atoms with Crippen LogP contribution in [0.25, 0.3) is 49.3 Å². The molecule has 16 rings (SSSR count). The summed E-state index contributed by atoms with van der Waals surface area (Å²) in [6.45, 7) is 15.8. The van der Waals surface area contributed by atoms with Gasteiger partial charge in [-0.1, -0.05) is 137 Å². The third-order valence-corrected chi connectivity index (χ3v) is 29.7. The number of nitrogens with one attached hydrogen (secondary N) is 8. The Labute approximate surface area is 853 Å². The molecule has 0 fully saturated rings. The summed E-state index contributed by atoms with van der Waals surface area (Å²) in [6, 6.07) is 65.8. The van der Waals surface area contributed by atoms with Crippen LogP contribution >= 0.6 is 46.4 Å². The highest BCUT2D eigenvalue weighted by molar-refractivity contribution is 7.90. The fourth-order valence-electron chi connectivity index (χ4n) is 17.1. The Balaban J connectivity index is 0.000000172. The number of aryl methyl sites for hydroxylation is 11. The predicted octanol–water partition coefficient (Wildman–Crippen LogP) is 20.2. The number of aromatic nitrogens is 6. The van der Waals surface area contributed by atoms with Crippen molar-refractivity contribution >= 4 is 156 Å². The fraction of sp³-hybridized carbons (Fsp3) is 0.231. The van der Waals surface area contributed by atoms with Crippen molar-refractivity contribution in [3.05, 3.63) is 370 Å². The van der Waals surface area contributed by atoms with Crippen LogP contribution in [0.3, 0.4) is 0 Å². The number of carbonyl (C=O) groups excluding carboxylic acids is 6. The van der Waals surface area contributed by atoms with Crippen LogP contribution in [-0.2, 0) is 62.9 Å². The summed E-state index contributed by atoms with van der Waals surface area (Å²) >= 11 is 25.3. The number of ether oxygens (including phenoxy) is 4. The van der Waals surface area contributed by atoms with Crippen molar-refractivity contribution in [2.24, 2.45) is 7.05 Å². The van der Waals surface area contributed by atoms with E-state index in [1.807, 2.05) is 204 Å². The Morgan fingerprint density at radius 2 is 0.868 bits per heavy atom. The van der Waals surface area contributed by atoms with E-state index in [9.17, 15) is 58.4 Å². The molecule has 0 spiro atoms. The van der Waals surface area contributed by atoms with Gasteiger partial charge in [0, 0.05) is 133 Å². The van der Waals surface area contributed by atoms with E-state index in [0.29, 0.717) is 157 Å². The van der Waals surface area contributed by atoms with Crippen molar-refractivity contribution in [2.75, 3.05) is 56.7 Å². The molecule has 6 aromatic heterocycles. The second kappa shape index (κ2) is 47.3. The number of aromatic amines is 2. The van der Waals surface area contributed by atoms with E-state index in [4.69, 9.17) is 65.4 Å². The van der Waals surface area contributed by atoms with Crippen LogP contribution in [0.5, 0.6) is 28.7 Å². The summed E-state index contributed by atoms with van der Waals surface area (Å²) in [5.74, 6) is -2.38. The van der Waals surface area contributed by atoms with Crippen molar-refractivity contribution in [3.8, 4) is 34.4 Å². The van der Waals surface area contributed by atoms with Gasteiger partial charge in [-0.15, -0.1) is 0 Å². The Morgan fingerprint density at radius 1 is 0.417 bits per heavy atom. The summed E-state index contributed by atoms with van der Waals surface area (Å²) in [6.07, 6.45) is 8.07. The SMILES string of the molecule is Cc1cc(OCCCc2c(C(=O)NS(=O)(=O)CCNC(=O)c3cc(C)n(-c4ccc(F)cc4)c3C)[nH]c3ccccc23)cc(C)c1Cl.Cc1cc(OCCCc2c(C(=O)NS(=O)(=O)CCNC(=O)c3cccc(Oc4ccccc4)c3)n(Cc3cccnc3)c3cc(Cl)ccc23)cc(C)c1Cl.Cc1cc(OCCCc2c(C(=O)NS(=O)(=O)CCNC(=O)c3cn(C)c4ccccc34)[nH]c3ccccc23)cc(C)c1Cl. The van der Waals surface area contributed by atoms with Gasteiger partial charge < -0.3 is 58.6 Å². The quantitative estimate of drug-likeness (QED) is 0.0167. The Hall–Kier alpha value is -14.3. The van der Waals surface area contributed by atoms with Gasteiger partial charge in [0.1, 0.15) is 51.6 Å². The normalized spacial score (nSPS) is 11.5. The molecule has 0 aliphatic rings. The molecule has 0 saturated heterocycles. The molecule has 748 valence electrons. The number of benzene rings is 10. The highest BCUT2D eigenvalue weighted by atomic mass is 35.5. The van der Waals surface area contributed by atoms with E-state index in [-0.39, 0.29) is 55.0 Å². The molecule has 16 aromatic rings. The van der Waals surface area contributed by atoms with Gasteiger partial charge in [0.25, 0.3) is 35.4 Å².